The van der Waals surface area contributed by atoms with E-state index in [-0.39, 0.29) is 11.8 Å². The summed E-state index contributed by atoms with van der Waals surface area (Å²) in [5.41, 5.74) is 6.68. The largest absolute Gasteiger partial charge is 0.394 e. The molecule has 0 saturated carbocycles. The molecule has 0 spiro atoms. The van der Waals surface area contributed by atoms with Crippen LogP contribution in [0.2, 0.25) is 0 Å². The van der Waals surface area contributed by atoms with Gasteiger partial charge in [0.15, 0.2) is 5.82 Å². The SMILES string of the molecule is CC(C)c1nnsc1C(=O)Nc1[nH]ncc1N. The maximum atomic E-state index is 12.0. The molecule has 0 atom stereocenters. The van der Waals surface area contributed by atoms with Crippen molar-refractivity contribution in [3.8, 4) is 0 Å². The molecule has 0 unspecified atom stereocenters. The fourth-order valence-corrected chi connectivity index (χ4v) is 2.01. The van der Waals surface area contributed by atoms with Crippen LogP contribution in [-0.2, 0) is 0 Å². The Hall–Kier alpha value is -1.96. The van der Waals surface area contributed by atoms with Crippen LogP contribution in [0, 0.1) is 0 Å². The number of carbonyl (C=O) groups is 1. The number of aromatic nitrogens is 4. The van der Waals surface area contributed by atoms with Crippen molar-refractivity contribution in [1.29, 1.82) is 0 Å². The van der Waals surface area contributed by atoms with Crippen LogP contribution < -0.4 is 11.1 Å². The van der Waals surface area contributed by atoms with Gasteiger partial charge in [-0.1, -0.05) is 18.3 Å². The van der Waals surface area contributed by atoms with Gasteiger partial charge in [-0.25, -0.2) is 0 Å². The number of carbonyl (C=O) groups excluding carboxylic acids is 1. The minimum Gasteiger partial charge on any atom is -0.394 e. The number of rotatable bonds is 3. The fourth-order valence-electron chi connectivity index (χ4n) is 1.30. The normalized spacial score (nSPS) is 10.8. The number of hydrogen-bond donors (Lipinski definition) is 3. The summed E-state index contributed by atoms with van der Waals surface area (Å²) in [6.07, 6.45) is 1.43. The van der Waals surface area contributed by atoms with Gasteiger partial charge in [-0.05, 0) is 17.5 Å². The van der Waals surface area contributed by atoms with Crippen molar-refractivity contribution in [1.82, 2.24) is 19.8 Å². The molecule has 8 heteroatoms. The summed E-state index contributed by atoms with van der Waals surface area (Å²) in [7, 11) is 0. The second-order valence-corrected chi connectivity index (χ2v) is 4.55. The quantitative estimate of drug-likeness (QED) is 0.760. The molecule has 0 bridgehead atoms. The molecule has 0 aliphatic heterocycles. The maximum absolute atomic E-state index is 12.0. The van der Waals surface area contributed by atoms with E-state index in [1.54, 1.807) is 0 Å². The minimum atomic E-state index is -0.278. The summed E-state index contributed by atoms with van der Waals surface area (Å²) < 4.78 is 3.79. The molecule has 90 valence electrons. The third-order valence-corrected chi connectivity index (χ3v) is 2.91. The van der Waals surface area contributed by atoms with Gasteiger partial charge < -0.3 is 11.1 Å². The van der Waals surface area contributed by atoms with E-state index < -0.39 is 0 Å². The first-order valence-corrected chi connectivity index (χ1v) is 5.79. The van der Waals surface area contributed by atoms with Gasteiger partial charge in [-0.2, -0.15) is 5.10 Å². The lowest BCUT2D eigenvalue weighted by atomic mass is 10.1. The highest BCUT2D eigenvalue weighted by atomic mass is 32.1. The Morgan fingerprint density at radius 1 is 1.59 bits per heavy atom. The molecule has 2 rings (SSSR count). The monoisotopic (exact) mass is 252 g/mol. The van der Waals surface area contributed by atoms with Gasteiger partial charge in [0.05, 0.1) is 17.6 Å². The molecule has 2 aromatic rings. The number of nitrogen functional groups attached to an aromatic ring is 1. The van der Waals surface area contributed by atoms with Crippen LogP contribution in [0.3, 0.4) is 0 Å². The molecular weight excluding hydrogens is 240 g/mol. The molecule has 1 amide bonds. The van der Waals surface area contributed by atoms with Gasteiger partial charge >= 0.3 is 0 Å². The van der Waals surface area contributed by atoms with E-state index in [2.05, 4.69) is 25.1 Å². The number of aromatic amines is 1. The van der Waals surface area contributed by atoms with Crippen LogP contribution >= 0.6 is 11.5 Å². The third-order valence-electron chi connectivity index (χ3n) is 2.17. The molecule has 17 heavy (non-hydrogen) atoms. The van der Waals surface area contributed by atoms with Crippen LogP contribution in [-0.4, -0.2) is 25.7 Å². The van der Waals surface area contributed by atoms with Crippen molar-refractivity contribution < 1.29 is 4.79 Å². The number of nitrogens with one attached hydrogen (secondary N) is 2. The van der Waals surface area contributed by atoms with Crippen molar-refractivity contribution in [2.45, 2.75) is 19.8 Å². The van der Waals surface area contributed by atoms with E-state index in [0.29, 0.717) is 22.1 Å². The van der Waals surface area contributed by atoms with Crippen LogP contribution in [0.4, 0.5) is 11.5 Å². The summed E-state index contributed by atoms with van der Waals surface area (Å²) in [5, 5.41) is 12.9. The smallest absolute Gasteiger partial charge is 0.270 e. The van der Waals surface area contributed by atoms with Crippen molar-refractivity contribution in [3.63, 3.8) is 0 Å². The Morgan fingerprint density at radius 3 is 2.94 bits per heavy atom. The van der Waals surface area contributed by atoms with E-state index in [1.165, 1.54) is 6.20 Å². The van der Waals surface area contributed by atoms with E-state index in [0.717, 1.165) is 11.5 Å². The molecule has 0 radical (unpaired) electrons. The number of hydrogen-bond acceptors (Lipinski definition) is 6. The van der Waals surface area contributed by atoms with Gasteiger partial charge in [-0.3, -0.25) is 9.89 Å². The molecule has 0 aliphatic carbocycles. The number of amides is 1. The van der Waals surface area contributed by atoms with Crippen molar-refractivity contribution in [3.05, 3.63) is 16.8 Å². The lowest BCUT2D eigenvalue weighted by molar-refractivity contribution is 0.102. The molecular formula is C9H12N6OS. The molecule has 2 aromatic heterocycles. The first-order chi connectivity index (χ1) is 8.09. The van der Waals surface area contributed by atoms with Crippen LogP contribution in [0.5, 0.6) is 0 Å². The first-order valence-electron chi connectivity index (χ1n) is 5.02. The molecule has 0 saturated heterocycles. The predicted molar refractivity (Wildman–Crippen MR) is 65.0 cm³/mol. The van der Waals surface area contributed by atoms with Gasteiger partial charge in [0, 0.05) is 0 Å². The van der Waals surface area contributed by atoms with E-state index in [9.17, 15) is 4.79 Å². The Bertz CT molecular complexity index is 531. The average molecular weight is 252 g/mol. The minimum absolute atomic E-state index is 0.147. The second kappa shape index (κ2) is 4.50. The van der Waals surface area contributed by atoms with Gasteiger partial charge in [0.2, 0.25) is 0 Å². The predicted octanol–water partition coefficient (Wildman–Crippen LogP) is 1.22. The molecule has 0 aliphatic rings. The third kappa shape index (κ3) is 2.26. The Balaban J connectivity index is 2.21. The first kappa shape index (κ1) is 11.5. The molecule has 2 heterocycles. The highest BCUT2D eigenvalue weighted by Gasteiger charge is 2.19. The van der Waals surface area contributed by atoms with Crippen LogP contribution in [0.1, 0.15) is 35.1 Å². The Kier molecular flexibility index (Phi) is 3.05. The lowest BCUT2D eigenvalue weighted by Crippen LogP contribution is -2.14. The summed E-state index contributed by atoms with van der Waals surface area (Å²) in [6.45, 7) is 3.91. The zero-order chi connectivity index (χ0) is 12.4. The topological polar surface area (TPSA) is 110 Å². The maximum Gasteiger partial charge on any atom is 0.270 e. The van der Waals surface area contributed by atoms with Crippen molar-refractivity contribution in [2.24, 2.45) is 0 Å². The van der Waals surface area contributed by atoms with E-state index >= 15 is 0 Å². The summed E-state index contributed by atoms with van der Waals surface area (Å²) in [4.78, 5) is 12.5. The van der Waals surface area contributed by atoms with Crippen molar-refractivity contribution in [2.75, 3.05) is 11.1 Å². The van der Waals surface area contributed by atoms with E-state index in [1.807, 2.05) is 13.8 Å². The number of nitrogens with zero attached hydrogens (tertiary/aromatic N) is 3. The zero-order valence-corrected chi connectivity index (χ0v) is 10.2. The number of H-pyrrole nitrogens is 1. The van der Waals surface area contributed by atoms with Gasteiger partial charge in [0.1, 0.15) is 4.88 Å². The highest BCUT2D eigenvalue weighted by molar-refractivity contribution is 7.08. The number of nitrogens with two attached hydrogens (primary N) is 1. The van der Waals surface area contributed by atoms with Gasteiger partial charge in [0.25, 0.3) is 5.91 Å². The van der Waals surface area contributed by atoms with E-state index in [4.69, 9.17) is 5.73 Å². The molecule has 7 nitrogen and oxygen atoms in total. The average Bonchev–Trinajstić information content (AvgIpc) is 2.87. The second-order valence-electron chi connectivity index (χ2n) is 3.80. The fraction of sp³-hybridized carbons (Fsp3) is 0.333. The molecule has 0 fully saturated rings. The zero-order valence-electron chi connectivity index (χ0n) is 9.39. The van der Waals surface area contributed by atoms with Gasteiger partial charge in [-0.15, -0.1) is 5.10 Å². The summed E-state index contributed by atoms with van der Waals surface area (Å²) >= 11 is 1.07. The van der Waals surface area contributed by atoms with Crippen LogP contribution in [0.25, 0.3) is 0 Å². The van der Waals surface area contributed by atoms with Crippen LogP contribution in [0.15, 0.2) is 6.20 Å². The highest BCUT2D eigenvalue weighted by Crippen LogP contribution is 2.21. The van der Waals surface area contributed by atoms with Crippen molar-refractivity contribution >= 4 is 28.9 Å². The Morgan fingerprint density at radius 2 is 2.35 bits per heavy atom. The number of anilines is 2. The standard InChI is InChI=1S/C9H12N6OS/c1-4(2)6-7(17-15-13-6)9(16)12-8-5(10)3-11-14-8/h3-4H,10H2,1-2H3,(H2,11,12,14,16). The molecule has 4 N–H and O–H groups in total. The molecule has 0 aromatic carbocycles. The lowest BCUT2D eigenvalue weighted by Gasteiger charge is -2.04. The Labute approximate surface area is 102 Å². The summed E-state index contributed by atoms with van der Waals surface area (Å²) in [6, 6.07) is 0. The summed E-state index contributed by atoms with van der Waals surface area (Å²) in [5.74, 6) is 0.256.